The van der Waals surface area contributed by atoms with Crippen LogP contribution in [-0.4, -0.2) is 83.2 Å². The molecule has 0 aromatic heterocycles. The van der Waals surface area contributed by atoms with E-state index in [1.165, 1.54) is 25.7 Å². The van der Waals surface area contributed by atoms with Crippen LogP contribution in [0.5, 0.6) is 0 Å². The summed E-state index contributed by atoms with van der Waals surface area (Å²) in [4.78, 5) is 33.9. The van der Waals surface area contributed by atoms with Gasteiger partial charge in [0, 0.05) is 62.4 Å². The summed E-state index contributed by atoms with van der Waals surface area (Å²) in [5, 5.41) is 37.6. The standard InChI is InChI=1S/C29H39N7O4/c1-19-24(27(37)38)26(25(28(39)40)20(2)33-19)21-7-5-8-22(17-21)34-29(32-18-30)31-11-6-12-35-13-15-36(16-14-35)23-9-3-4-10-23/h5,7-8,17,23,26,33H,3-4,6,9-16H2,1-2H3,(H,37,38)(H,39,40)(H2,31,32,34). The van der Waals surface area contributed by atoms with Crippen LogP contribution < -0.4 is 16.0 Å². The van der Waals surface area contributed by atoms with Crippen molar-refractivity contribution in [1.82, 2.24) is 20.4 Å². The second kappa shape index (κ2) is 13.5. The van der Waals surface area contributed by atoms with E-state index >= 15 is 0 Å². The van der Waals surface area contributed by atoms with Crippen LogP contribution in [0.3, 0.4) is 0 Å². The fourth-order valence-electron chi connectivity index (χ4n) is 6.10. The van der Waals surface area contributed by atoms with Crippen molar-refractivity contribution in [3.63, 3.8) is 0 Å². The molecule has 11 heteroatoms. The van der Waals surface area contributed by atoms with Crippen LogP contribution in [-0.2, 0) is 9.59 Å². The molecule has 1 aromatic rings. The molecule has 0 atom stereocenters. The molecule has 0 radical (unpaired) electrons. The fraction of sp³-hybridized carbons (Fsp3) is 0.517. The third-order valence-corrected chi connectivity index (χ3v) is 8.03. The summed E-state index contributed by atoms with van der Waals surface area (Å²) >= 11 is 0. The summed E-state index contributed by atoms with van der Waals surface area (Å²) in [5.74, 6) is -3.05. The first-order valence-corrected chi connectivity index (χ1v) is 14.0. The molecule has 1 saturated carbocycles. The van der Waals surface area contributed by atoms with Crippen LogP contribution in [0.25, 0.3) is 0 Å². The topological polar surface area (TPSA) is 153 Å². The van der Waals surface area contributed by atoms with Crippen molar-refractivity contribution in [3.05, 3.63) is 52.4 Å². The van der Waals surface area contributed by atoms with Gasteiger partial charge in [-0.1, -0.05) is 25.0 Å². The molecule has 0 unspecified atom stereocenters. The predicted molar refractivity (Wildman–Crippen MR) is 153 cm³/mol. The maximum absolute atomic E-state index is 12.1. The molecule has 2 aliphatic heterocycles. The smallest absolute Gasteiger partial charge is 0.334 e. The molecule has 0 amide bonds. The van der Waals surface area contributed by atoms with Gasteiger partial charge in [0.25, 0.3) is 0 Å². The first-order valence-electron chi connectivity index (χ1n) is 14.0. The number of hydrogen-bond acceptors (Lipinski definition) is 7. The van der Waals surface area contributed by atoms with Crippen LogP contribution >= 0.6 is 0 Å². The maximum Gasteiger partial charge on any atom is 0.334 e. The zero-order valence-corrected chi connectivity index (χ0v) is 23.2. The first-order chi connectivity index (χ1) is 19.3. The Morgan fingerprint density at radius 1 is 1.07 bits per heavy atom. The number of nitrogens with zero attached hydrogens (tertiary/aromatic N) is 4. The Morgan fingerprint density at radius 3 is 2.33 bits per heavy atom. The number of nitriles is 1. The Morgan fingerprint density at radius 2 is 1.73 bits per heavy atom. The van der Waals surface area contributed by atoms with Crippen LogP contribution in [0.2, 0.25) is 0 Å². The van der Waals surface area contributed by atoms with E-state index < -0.39 is 17.9 Å². The predicted octanol–water partition coefficient (Wildman–Crippen LogP) is 2.88. The highest BCUT2D eigenvalue weighted by Gasteiger charge is 2.36. The van der Waals surface area contributed by atoms with Crippen LogP contribution in [0.15, 0.2) is 51.8 Å². The number of dihydropyridines is 1. The van der Waals surface area contributed by atoms with Crippen molar-refractivity contribution in [1.29, 1.82) is 5.26 Å². The van der Waals surface area contributed by atoms with Crippen molar-refractivity contribution in [2.75, 3.05) is 44.6 Å². The Kier molecular flexibility index (Phi) is 9.79. The summed E-state index contributed by atoms with van der Waals surface area (Å²) < 4.78 is 0. The number of allylic oxidation sites excluding steroid dienone is 2. The third kappa shape index (κ3) is 7.00. The van der Waals surface area contributed by atoms with Crippen molar-refractivity contribution in [2.24, 2.45) is 4.99 Å². The van der Waals surface area contributed by atoms with Gasteiger partial charge in [-0.15, -0.1) is 0 Å². The second-order valence-corrected chi connectivity index (χ2v) is 10.6. The quantitative estimate of drug-likeness (QED) is 0.102. The lowest BCUT2D eigenvalue weighted by Gasteiger charge is -2.38. The molecule has 4 rings (SSSR count). The minimum atomic E-state index is -1.19. The normalized spacial score (nSPS) is 19.9. The largest absolute Gasteiger partial charge is 0.478 e. The molecule has 1 aromatic carbocycles. The average molecular weight is 550 g/mol. The van der Waals surface area contributed by atoms with Crippen molar-refractivity contribution < 1.29 is 19.8 Å². The van der Waals surface area contributed by atoms with Gasteiger partial charge < -0.3 is 25.7 Å². The molecule has 0 spiro atoms. The van der Waals surface area contributed by atoms with Crippen molar-refractivity contribution in [2.45, 2.75) is 57.9 Å². The number of aliphatic carboxylic acids is 2. The summed E-state index contributed by atoms with van der Waals surface area (Å²) in [6.45, 7) is 9.12. The average Bonchev–Trinajstić information content (AvgIpc) is 3.46. The van der Waals surface area contributed by atoms with Gasteiger partial charge in [0.1, 0.15) is 0 Å². The summed E-state index contributed by atoms with van der Waals surface area (Å²) in [5.41, 5.74) is 1.82. The Balaban J connectivity index is 1.39. The molecule has 11 nitrogen and oxygen atoms in total. The van der Waals surface area contributed by atoms with E-state index in [0.29, 0.717) is 29.2 Å². The lowest BCUT2D eigenvalue weighted by molar-refractivity contribution is -0.133. The number of aliphatic imine (C=N–C) groups is 1. The van der Waals surface area contributed by atoms with E-state index in [0.717, 1.165) is 45.2 Å². The summed E-state index contributed by atoms with van der Waals surface area (Å²) in [7, 11) is 0. The second-order valence-electron chi connectivity index (χ2n) is 10.6. The van der Waals surface area contributed by atoms with Gasteiger partial charge in [-0.25, -0.2) is 9.59 Å². The maximum atomic E-state index is 12.1. The Bertz CT molecular complexity index is 1200. The number of hydrogen-bond donors (Lipinski definition) is 5. The number of carbonyl (C=O) groups is 2. The zero-order valence-electron chi connectivity index (χ0n) is 23.2. The van der Waals surface area contributed by atoms with Gasteiger partial charge in [0.05, 0.1) is 17.1 Å². The molecule has 40 heavy (non-hydrogen) atoms. The number of anilines is 1. The van der Waals surface area contributed by atoms with Gasteiger partial charge >= 0.3 is 11.9 Å². The Hall–Kier alpha value is -3.88. The summed E-state index contributed by atoms with van der Waals surface area (Å²) in [6, 6.07) is 7.66. The Labute approximate surface area is 235 Å². The molecular formula is C29H39N7O4. The number of rotatable bonds is 9. The number of nitrogens with one attached hydrogen (secondary N) is 3. The lowest BCUT2D eigenvalue weighted by atomic mass is 9.80. The lowest BCUT2D eigenvalue weighted by Crippen LogP contribution is -2.49. The van der Waals surface area contributed by atoms with Gasteiger partial charge in [-0.2, -0.15) is 5.26 Å². The highest BCUT2D eigenvalue weighted by molar-refractivity contribution is 5.99. The molecule has 214 valence electrons. The fourth-order valence-corrected chi connectivity index (χ4v) is 6.10. The van der Waals surface area contributed by atoms with E-state index in [4.69, 9.17) is 0 Å². The van der Waals surface area contributed by atoms with Gasteiger partial charge in [0.2, 0.25) is 5.96 Å². The first kappa shape index (κ1) is 29.1. The van der Waals surface area contributed by atoms with Crippen molar-refractivity contribution in [3.8, 4) is 6.19 Å². The molecule has 2 fully saturated rings. The monoisotopic (exact) mass is 549 g/mol. The van der Waals surface area contributed by atoms with Gasteiger partial charge in [-0.05, 0) is 50.8 Å². The number of guanidine groups is 1. The molecule has 1 aliphatic carbocycles. The van der Waals surface area contributed by atoms with Crippen LogP contribution in [0, 0.1) is 11.5 Å². The van der Waals surface area contributed by atoms with Crippen LogP contribution in [0.4, 0.5) is 5.69 Å². The summed E-state index contributed by atoms with van der Waals surface area (Å²) in [6.07, 6.45) is 8.16. The number of carboxylic acid groups (broad SMARTS) is 2. The molecule has 2 heterocycles. The van der Waals surface area contributed by atoms with Crippen LogP contribution in [0.1, 0.15) is 57.4 Å². The number of piperazine rings is 1. The van der Waals surface area contributed by atoms with Gasteiger partial charge in [-0.3, -0.25) is 15.2 Å². The van der Waals surface area contributed by atoms with E-state index in [-0.39, 0.29) is 17.1 Å². The molecule has 5 N–H and O–H groups in total. The highest BCUT2D eigenvalue weighted by Crippen LogP contribution is 2.39. The SMILES string of the molecule is CC1=C(C(=O)O)C(c2cccc(NC(=NCCCN3CCN(C4CCCC4)CC3)NC#N)c2)C(C(=O)O)=C(C)N1. The number of carboxylic acids is 2. The number of benzene rings is 1. The zero-order chi connectivity index (χ0) is 28.6. The molecule has 1 saturated heterocycles. The third-order valence-electron chi connectivity index (χ3n) is 8.03. The van der Waals surface area contributed by atoms with E-state index in [2.05, 4.69) is 30.7 Å². The van der Waals surface area contributed by atoms with Gasteiger partial charge in [0.15, 0.2) is 6.19 Å². The molecule has 3 aliphatic rings. The van der Waals surface area contributed by atoms with E-state index in [1.54, 1.807) is 38.1 Å². The van der Waals surface area contributed by atoms with E-state index in [9.17, 15) is 25.1 Å². The van der Waals surface area contributed by atoms with E-state index in [1.807, 2.05) is 6.19 Å². The minimum absolute atomic E-state index is 0.0201. The highest BCUT2D eigenvalue weighted by atomic mass is 16.4. The molecular weight excluding hydrogens is 510 g/mol. The minimum Gasteiger partial charge on any atom is -0.478 e. The van der Waals surface area contributed by atoms with Crippen molar-refractivity contribution >= 4 is 23.6 Å². The molecule has 0 bridgehead atoms.